The molecule has 0 aliphatic heterocycles. The number of esters is 1. The Kier molecular flexibility index (Phi) is 16.6. The minimum atomic E-state index is -0.0960. The zero-order valence-electron chi connectivity index (χ0n) is 25.5. The molecule has 0 aliphatic carbocycles. The Morgan fingerprint density at radius 2 is 1.44 bits per heavy atom. The van der Waals surface area contributed by atoms with Crippen molar-refractivity contribution in [3.05, 3.63) is 65.7 Å². The minimum Gasteiger partial charge on any atom is -0.490 e. The average molecular weight is 539 g/mol. The van der Waals surface area contributed by atoms with Gasteiger partial charge in [0, 0.05) is 18.4 Å². The van der Waals surface area contributed by atoms with Crippen LogP contribution in [0.15, 0.2) is 54.6 Å². The first kappa shape index (κ1) is 32.9. The van der Waals surface area contributed by atoms with Gasteiger partial charge >= 0.3 is 5.97 Å². The van der Waals surface area contributed by atoms with Gasteiger partial charge in [-0.3, -0.25) is 4.79 Å². The quantitative estimate of drug-likeness (QED) is 0.0853. The van der Waals surface area contributed by atoms with Crippen LogP contribution in [0.3, 0.4) is 0 Å². The molecule has 0 aromatic heterocycles. The number of quaternary nitrogens is 1. The SMILES string of the molecule is CCCCCCCCCCCc1ccccc1OC(C)CCOC(=O)CCCC[N+](C)(C)Cc1ccccc1. The maximum Gasteiger partial charge on any atom is 0.305 e. The predicted molar refractivity (Wildman–Crippen MR) is 164 cm³/mol. The van der Waals surface area contributed by atoms with Crippen LogP contribution in [0.25, 0.3) is 0 Å². The van der Waals surface area contributed by atoms with E-state index in [9.17, 15) is 4.79 Å². The summed E-state index contributed by atoms with van der Waals surface area (Å²) in [5, 5.41) is 0. The molecule has 0 bridgehead atoms. The first-order valence-electron chi connectivity index (χ1n) is 15.7. The topological polar surface area (TPSA) is 35.5 Å². The van der Waals surface area contributed by atoms with Crippen molar-refractivity contribution in [3.8, 4) is 5.75 Å². The normalized spacial score (nSPS) is 12.3. The first-order valence-corrected chi connectivity index (χ1v) is 15.7. The zero-order chi connectivity index (χ0) is 28.2. The van der Waals surface area contributed by atoms with Gasteiger partial charge < -0.3 is 14.0 Å². The van der Waals surface area contributed by atoms with E-state index in [0.29, 0.717) is 19.4 Å². The van der Waals surface area contributed by atoms with Gasteiger partial charge in [-0.15, -0.1) is 0 Å². The van der Waals surface area contributed by atoms with Crippen molar-refractivity contribution in [2.75, 3.05) is 27.2 Å². The highest BCUT2D eigenvalue weighted by atomic mass is 16.5. The summed E-state index contributed by atoms with van der Waals surface area (Å²) in [5.41, 5.74) is 2.64. The molecule has 1 atom stereocenters. The van der Waals surface area contributed by atoms with Gasteiger partial charge in [-0.2, -0.15) is 0 Å². The van der Waals surface area contributed by atoms with E-state index in [1.54, 1.807) is 0 Å². The van der Waals surface area contributed by atoms with Crippen LogP contribution in [0.5, 0.6) is 5.75 Å². The summed E-state index contributed by atoms with van der Waals surface area (Å²) >= 11 is 0. The minimum absolute atomic E-state index is 0.0122. The van der Waals surface area contributed by atoms with Crippen molar-refractivity contribution < 1.29 is 18.8 Å². The molecule has 39 heavy (non-hydrogen) atoms. The second-order valence-corrected chi connectivity index (χ2v) is 11.9. The van der Waals surface area contributed by atoms with E-state index in [-0.39, 0.29) is 12.1 Å². The number of para-hydroxylation sites is 1. The second-order valence-electron chi connectivity index (χ2n) is 11.9. The molecule has 2 aromatic rings. The fourth-order valence-electron chi connectivity index (χ4n) is 5.10. The van der Waals surface area contributed by atoms with Crippen LogP contribution in [-0.2, 0) is 22.5 Å². The summed E-state index contributed by atoms with van der Waals surface area (Å²) in [6.45, 7) is 6.80. The van der Waals surface area contributed by atoms with E-state index in [0.717, 1.165) is 42.6 Å². The summed E-state index contributed by atoms with van der Waals surface area (Å²) in [7, 11) is 4.50. The monoisotopic (exact) mass is 538 g/mol. The van der Waals surface area contributed by atoms with Gasteiger partial charge in [0.2, 0.25) is 0 Å². The number of hydrogen-bond donors (Lipinski definition) is 0. The molecule has 0 aliphatic rings. The highest BCUT2D eigenvalue weighted by Crippen LogP contribution is 2.23. The summed E-state index contributed by atoms with van der Waals surface area (Å²) < 4.78 is 12.7. The molecule has 4 heteroatoms. The molecule has 2 rings (SSSR count). The molecule has 0 amide bonds. The van der Waals surface area contributed by atoms with Crippen LogP contribution in [0, 0.1) is 0 Å². The molecule has 0 N–H and O–H groups in total. The zero-order valence-corrected chi connectivity index (χ0v) is 25.5. The molecular weight excluding hydrogens is 482 g/mol. The second kappa shape index (κ2) is 19.7. The summed E-state index contributed by atoms with van der Waals surface area (Å²) in [5.74, 6) is 0.883. The van der Waals surface area contributed by atoms with Crippen molar-refractivity contribution in [1.29, 1.82) is 0 Å². The highest BCUT2D eigenvalue weighted by Gasteiger charge is 2.16. The number of nitrogens with zero attached hydrogens (tertiary/aromatic N) is 1. The molecule has 0 radical (unpaired) electrons. The van der Waals surface area contributed by atoms with E-state index in [2.05, 4.69) is 76.5 Å². The van der Waals surface area contributed by atoms with Gasteiger partial charge in [0.25, 0.3) is 0 Å². The van der Waals surface area contributed by atoms with Gasteiger partial charge in [-0.05, 0) is 44.2 Å². The molecule has 0 heterocycles. The number of ether oxygens (including phenoxy) is 2. The smallest absolute Gasteiger partial charge is 0.305 e. The Hall–Kier alpha value is -2.33. The van der Waals surface area contributed by atoms with Gasteiger partial charge in [-0.25, -0.2) is 0 Å². The molecule has 0 spiro atoms. The summed E-state index contributed by atoms with van der Waals surface area (Å²) in [6.07, 6.45) is 16.2. The van der Waals surface area contributed by atoms with E-state index < -0.39 is 0 Å². The number of rotatable bonds is 22. The van der Waals surface area contributed by atoms with E-state index >= 15 is 0 Å². The average Bonchev–Trinajstić information content (AvgIpc) is 2.91. The van der Waals surface area contributed by atoms with Crippen LogP contribution in [0.4, 0.5) is 0 Å². The molecule has 218 valence electrons. The summed E-state index contributed by atoms with van der Waals surface area (Å²) in [4.78, 5) is 12.2. The van der Waals surface area contributed by atoms with Crippen LogP contribution in [0.2, 0.25) is 0 Å². The van der Waals surface area contributed by atoms with E-state index in [1.165, 1.54) is 68.9 Å². The lowest BCUT2D eigenvalue weighted by atomic mass is 10.0. The van der Waals surface area contributed by atoms with Crippen LogP contribution >= 0.6 is 0 Å². The Balaban J connectivity index is 1.56. The van der Waals surface area contributed by atoms with Crippen molar-refractivity contribution in [2.45, 2.75) is 116 Å². The molecular formula is C35H56NO3+. The maximum absolute atomic E-state index is 12.2. The largest absolute Gasteiger partial charge is 0.490 e. The third-order valence-electron chi connectivity index (χ3n) is 7.49. The number of unbranched alkanes of at least 4 members (excludes halogenated alkanes) is 9. The lowest BCUT2D eigenvalue weighted by molar-refractivity contribution is -0.903. The third kappa shape index (κ3) is 15.8. The maximum atomic E-state index is 12.2. The van der Waals surface area contributed by atoms with E-state index in [4.69, 9.17) is 9.47 Å². The molecule has 0 saturated carbocycles. The third-order valence-corrected chi connectivity index (χ3v) is 7.49. The predicted octanol–water partition coefficient (Wildman–Crippen LogP) is 8.91. The van der Waals surface area contributed by atoms with Crippen LogP contribution in [-0.4, -0.2) is 43.8 Å². The van der Waals surface area contributed by atoms with Crippen molar-refractivity contribution >= 4 is 5.97 Å². The van der Waals surface area contributed by atoms with Gasteiger partial charge in [0.1, 0.15) is 12.3 Å². The van der Waals surface area contributed by atoms with Gasteiger partial charge in [0.05, 0.1) is 33.4 Å². The number of aryl methyl sites for hydroxylation is 1. The standard InChI is InChI=1S/C35H56NO3/c1-5-6-7-8-9-10-11-12-16-23-33-24-17-18-25-34(33)39-31(2)27-29-38-35(37)26-19-20-28-36(3,4)30-32-21-14-13-15-22-32/h13-15,17-18,21-22,24-25,31H,5-12,16,19-20,23,26-30H2,1-4H3/q+1. The number of hydrogen-bond acceptors (Lipinski definition) is 3. The Labute approximate surface area is 239 Å². The molecule has 4 nitrogen and oxygen atoms in total. The van der Waals surface area contributed by atoms with Crippen molar-refractivity contribution in [2.24, 2.45) is 0 Å². The van der Waals surface area contributed by atoms with E-state index in [1.807, 2.05) is 6.07 Å². The highest BCUT2D eigenvalue weighted by molar-refractivity contribution is 5.69. The number of benzene rings is 2. The Bertz CT molecular complexity index is 896. The van der Waals surface area contributed by atoms with Crippen LogP contribution in [0.1, 0.15) is 108 Å². The van der Waals surface area contributed by atoms with Crippen LogP contribution < -0.4 is 4.74 Å². The van der Waals surface area contributed by atoms with Gasteiger partial charge in [-0.1, -0.05) is 107 Å². The fourth-order valence-corrected chi connectivity index (χ4v) is 5.10. The fraction of sp³-hybridized carbons (Fsp3) is 0.629. The van der Waals surface area contributed by atoms with Crippen molar-refractivity contribution in [1.82, 2.24) is 0 Å². The lowest BCUT2D eigenvalue weighted by Crippen LogP contribution is -2.39. The number of carbonyl (C=O) groups is 1. The molecule has 0 fully saturated rings. The van der Waals surface area contributed by atoms with Gasteiger partial charge in [0.15, 0.2) is 0 Å². The Morgan fingerprint density at radius 3 is 2.15 bits per heavy atom. The lowest BCUT2D eigenvalue weighted by Gasteiger charge is -2.30. The van der Waals surface area contributed by atoms with Crippen molar-refractivity contribution in [3.63, 3.8) is 0 Å². The molecule has 1 unspecified atom stereocenters. The first-order chi connectivity index (χ1) is 18.9. The number of carbonyl (C=O) groups excluding carboxylic acids is 1. The molecule has 2 aromatic carbocycles. The summed E-state index contributed by atoms with van der Waals surface area (Å²) in [6, 6.07) is 19.0. The Morgan fingerprint density at radius 1 is 0.795 bits per heavy atom. The molecule has 0 saturated heterocycles.